The highest BCUT2D eigenvalue weighted by atomic mass is 16.6. The summed E-state index contributed by atoms with van der Waals surface area (Å²) in [4.78, 5) is 63.8. The fourth-order valence-electron chi connectivity index (χ4n) is 5.36. The number of hydrogen-bond donors (Lipinski definition) is 0. The molecule has 3 rings (SSSR count). The zero-order valence-corrected chi connectivity index (χ0v) is 30.8. The number of benzene rings is 2. The van der Waals surface area contributed by atoms with Crippen molar-refractivity contribution in [3.05, 3.63) is 41.5 Å². The summed E-state index contributed by atoms with van der Waals surface area (Å²) in [5.74, 6) is -1.56. The minimum absolute atomic E-state index is 0.0352. The molecule has 0 aliphatic carbocycles. The highest BCUT2D eigenvalue weighted by Crippen LogP contribution is 2.45. The first kappa shape index (κ1) is 41.0. The van der Waals surface area contributed by atoms with Crippen LogP contribution in [-0.2, 0) is 35.1 Å². The lowest BCUT2D eigenvalue weighted by molar-refractivity contribution is -0.155. The predicted octanol–water partition coefficient (Wildman–Crippen LogP) is 8.85. The smallest absolute Gasteiger partial charge is 0.311 e. The number of unbranched alkanes of at least 4 members (excludes halogenated alkanes) is 5. The Hall–Kier alpha value is -4.41. The molecule has 0 saturated carbocycles. The molecule has 1 aliphatic rings. The van der Waals surface area contributed by atoms with Crippen LogP contribution in [0.25, 0.3) is 0 Å². The van der Waals surface area contributed by atoms with Crippen LogP contribution < -0.4 is 23.7 Å². The van der Waals surface area contributed by atoms with E-state index in [0.717, 1.165) is 32.1 Å². The topological polar surface area (TPSA) is 141 Å². The highest BCUT2D eigenvalue weighted by Gasteiger charge is 2.37. The molecule has 2 atom stereocenters. The van der Waals surface area contributed by atoms with Crippen molar-refractivity contribution in [2.45, 2.75) is 150 Å². The van der Waals surface area contributed by atoms with E-state index in [9.17, 15) is 24.0 Å². The Balaban J connectivity index is 2.10. The number of fused-ring (bicyclic) bond motifs is 1. The van der Waals surface area contributed by atoms with Gasteiger partial charge in [0.1, 0.15) is 23.4 Å². The van der Waals surface area contributed by atoms with E-state index in [1.54, 1.807) is 18.2 Å². The molecule has 0 unspecified atom stereocenters. The van der Waals surface area contributed by atoms with Crippen LogP contribution in [0.5, 0.6) is 28.7 Å². The Morgan fingerprint density at radius 2 is 1.04 bits per heavy atom. The third-order valence-corrected chi connectivity index (χ3v) is 8.29. The standard InChI is InChI=1S/C40H54O11/c1-6-11-16-35(41)46-28-24-31(48-37(43)18-13-8-3)29-26-34(50-39(45)20-15-10-5)40(51-32(29)25-28)27-21-22-30(47-36(42)17-12-7-2)33(23-27)49-38(44)19-14-9-4/h21-25,34,40H,6-20,26H2,1-5H3/t34-,40+/m0/s1. The largest absolute Gasteiger partial charge is 0.481 e. The second-order valence-electron chi connectivity index (χ2n) is 12.8. The molecule has 0 N–H and O–H groups in total. The van der Waals surface area contributed by atoms with Crippen molar-refractivity contribution in [3.8, 4) is 28.7 Å². The molecule has 1 heterocycles. The third kappa shape index (κ3) is 13.3. The van der Waals surface area contributed by atoms with Gasteiger partial charge in [-0.15, -0.1) is 0 Å². The minimum atomic E-state index is -0.921. The maximum atomic E-state index is 13.0. The van der Waals surface area contributed by atoms with Gasteiger partial charge in [0, 0.05) is 61.8 Å². The molecule has 1 aliphatic heterocycles. The van der Waals surface area contributed by atoms with Crippen molar-refractivity contribution < 1.29 is 52.4 Å². The molecule has 0 radical (unpaired) electrons. The number of carbonyl (C=O) groups is 5. The van der Waals surface area contributed by atoms with Gasteiger partial charge in [0.05, 0.1) is 0 Å². The fourth-order valence-corrected chi connectivity index (χ4v) is 5.36. The lowest BCUT2D eigenvalue weighted by Gasteiger charge is -2.34. The van der Waals surface area contributed by atoms with E-state index in [1.807, 2.05) is 34.6 Å². The summed E-state index contributed by atoms with van der Waals surface area (Å²) in [7, 11) is 0. The van der Waals surface area contributed by atoms with E-state index < -0.39 is 42.1 Å². The van der Waals surface area contributed by atoms with Gasteiger partial charge in [-0.3, -0.25) is 24.0 Å². The van der Waals surface area contributed by atoms with Crippen LogP contribution in [-0.4, -0.2) is 36.0 Å². The number of ether oxygens (including phenoxy) is 6. The van der Waals surface area contributed by atoms with Crippen LogP contribution >= 0.6 is 0 Å². The van der Waals surface area contributed by atoms with Gasteiger partial charge in [0.25, 0.3) is 0 Å². The van der Waals surface area contributed by atoms with E-state index in [-0.39, 0.29) is 67.3 Å². The van der Waals surface area contributed by atoms with Crippen LogP contribution in [0, 0.1) is 0 Å². The predicted molar refractivity (Wildman–Crippen MR) is 190 cm³/mol. The van der Waals surface area contributed by atoms with Gasteiger partial charge < -0.3 is 28.4 Å². The number of hydrogen-bond acceptors (Lipinski definition) is 11. The summed E-state index contributed by atoms with van der Waals surface area (Å²) < 4.78 is 35.3. The van der Waals surface area contributed by atoms with Gasteiger partial charge in [-0.2, -0.15) is 0 Å². The second kappa shape index (κ2) is 21.7. The van der Waals surface area contributed by atoms with Gasteiger partial charge in [0.2, 0.25) is 0 Å². The SMILES string of the molecule is CCCCC(=O)Oc1cc(OC(=O)CCCC)c2c(c1)O[C@H](c1ccc(OC(=O)CCCC)c(OC(=O)CCCC)c1)[C@@H](OC(=O)CCCC)C2. The third-order valence-electron chi connectivity index (χ3n) is 8.29. The lowest BCUT2D eigenvalue weighted by Crippen LogP contribution is -2.35. The molecule has 0 amide bonds. The number of carbonyl (C=O) groups excluding carboxylic acids is 5. The van der Waals surface area contributed by atoms with E-state index in [4.69, 9.17) is 28.4 Å². The van der Waals surface area contributed by atoms with E-state index in [2.05, 4.69) is 0 Å². The number of rotatable bonds is 21. The first-order chi connectivity index (χ1) is 24.6. The highest BCUT2D eigenvalue weighted by molar-refractivity contribution is 5.77. The van der Waals surface area contributed by atoms with Crippen LogP contribution in [0.1, 0.15) is 148 Å². The molecule has 0 spiro atoms. The molecular weight excluding hydrogens is 656 g/mol. The fraction of sp³-hybridized carbons (Fsp3) is 0.575. The zero-order chi connectivity index (χ0) is 37.2. The van der Waals surface area contributed by atoms with Crippen LogP contribution in [0.15, 0.2) is 30.3 Å². The van der Waals surface area contributed by atoms with Crippen molar-refractivity contribution >= 4 is 29.8 Å². The van der Waals surface area contributed by atoms with E-state index in [0.29, 0.717) is 43.2 Å². The molecular formula is C40H54O11. The Morgan fingerprint density at radius 1 is 0.569 bits per heavy atom. The van der Waals surface area contributed by atoms with Gasteiger partial charge in [-0.1, -0.05) is 72.8 Å². The van der Waals surface area contributed by atoms with E-state index in [1.165, 1.54) is 12.1 Å². The van der Waals surface area contributed by atoms with Gasteiger partial charge >= 0.3 is 29.8 Å². The molecule has 11 heteroatoms. The molecule has 11 nitrogen and oxygen atoms in total. The Labute approximate surface area is 301 Å². The Kier molecular flexibility index (Phi) is 17.5. The molecule has 280 valence electrons. The summed E-state index contributed by atoms with van der Waals surface area (Å²) in [6.07, 6.45) is 6.51. The van der Waals surface area contributed by atoms with Crippen LogP contribution in [0.2, 0.25) is 0 Å². The second-order valence-corrected chi connectivity index (χ2v) is 12.8. The van der Waals surface area contributed by atoms with E-state index >= 15 is 0 Å². The summed E-state index contributed by atoms with van der Waals surface area (Å²) in [5.41, 5.74) is 0.956. The minimum Gasteiger partial charge on any atom is -0.481 e. The zero-order valence-electron chi connectivity index (χ0n) is 30.8. The summed E-state index contributed by atoms with van der Waals surface area (Å²) in [6.45, 7) is 9.85. The molecule has 0 saturated heterocycles. The lowest BCUT2D eigenvalue weighted by atomic mass is 9.93. The first-order valence-corrected chi connectivity index (χ1v) is 18.6. The van der Waals surface area contributed by atoms with Gasteiger partial charge in [0.15, 0.2) is 17.6 Å². The number of esters is 5. The summed E-state index contributed by atoms with van der Waals surface area (Å²) >= 11 is 0. The first-order valence-electron chi connectivity index (χ1n) is 18.6. The molecule has 0 bridgehead atoms. The normalized spacial score (nSPS) is 14.8. The van der Waals surface area contributed by atoms with Crippen molar-refractivity contribution in [2.75, 3.05) is 0 Å². The Bertz CT molecular complexity index is 1480. The quantitative estimate of drug-likeness (QED) is 0.0906. The van der Waals surface area contributed by atoms with Crippen molar-refractivity contribution in [2.24, 2.45) is 0 Å². The van der Waals surface area contributed by atoms with Crippen molar-refractivity contribution in [1.29, 1.82) is 0 Å². The molecule has 0 fully saturated rings. The maximum Gasteiger partial charge on any atom is 0.311 e. The summed E-state index contributed by atoms with van der Waals surface area (Å²) in [6, 6.07) is 7.79. The molecule has 2 aromatic carbocycles. The van der Waals surface area contributed by atoms with Gasteiger partial charge in [-0.25, -0.2) is 0 Å². The van der Waals surface area contributed by atoms with Crippen LogP contribution in [0.4, 0.5) is 0 Å². The van der Waals surface area contributed by atoms with Crippen molar-refractivity contribution in [3.63, 3.8) is 0 Å². The van der Waals surface area contributed by atoms with Crippen LogP contribution in [0.3, 0.4) is 0 Å². The molecule has 2 aromatic rings. The summed E-state index contributed by atoms with van der Waals surface area (Å²) in [5, 5.41) is 0. The molecule has 0 aromatic heterocycles. The Morgan fingerprint density at radius 3 is 1.57 bits per heavy atom. The average Bonchev–Trinajstić information content (AvgIpc) is 3.11. The molecule has 51 heavy (non-hydrogen) atoms. The average molecular weight is 711 g/mol. The monoisotopic (exact) mass is 710 g/mol. The van der Waals surface area contributed by atoms with Crippen molar-refractivity contribution in [1.82, 2.24) is 0 Å². The maximum absolute atomic E-state index is 13.0. The van der Waals surface area contributed by atoms with Gasteiger partial charge in [-0.05, 0) is 44.2 Å².